The zero-order valence-electron chi connectivity index (χ0n) is 13.4. The van der Waals surface area contributed by atoms with Crippen molar-refractivity contribution < 1.29 is 28.7 Å². The molecular formula is C14H23N3O6. The summed E-state index contributed by atoms with van der Waals surface area (Å²) in [6.07, 6.45) is 1.82. The highest BCUT2D eigenvalue weighted by Gasteiger charge is 2.38. The van der Waals surface area contributed by atoms with Gasteiger partial charge in [0.15, 0.2) is 0 Å². The Morgan fingerprint density at radius 1 is 0.957 bits per heavy atom. The van der Waals surface area contributed by atoms with Crippen molar-refractivity contribution in [3.05, 3.63) is 0 Å². The third kappa shape index (κ3) is 6.54. The zero-order chi connectivity index (χ0) is 17.3. The molecule has 0 heterocycles. The maximum Gasteiger partial charge on any atom is 0.407 e. The van der Waals surface area contributed by atoms with Crippen molar-refractivity contribution in [2.75, 3.05) is 27.3 Å². The largest absolute Gasteiger partial charge is 0.469 e. The van der Waals surface area contributed by atoms with E-state index >= 15 is 0 Å². The summed E-state index contributed by atoms with van der Waals surface area (Å²) in [6, 6.07) is 0. The molecule has 1 aliphatic rings. The molecule has 1 rings (SSSR count). The van der Waals surface area contributed by atoms with Crippen molar-refractivity contribution in [3.63, 3.8) is 0 Å². The summed E-state index contributed by atoms with van der Waals surface area (Å²) in [5, 5.41) is 7.83. The van der Waals surface area contributed by atoms with Crippen molar-refractivity contribution in [2.45, 2.75) is 37.6 Å². The lowest BCUT2D eigenvalue weighted by molar-refractivity contribution is -0.142. The Kier molecular flexibility index (Phi) is 7.30. The lowest BCUT2D eigenvalue weighted by atomic mass is 9.76. The molecule has 0 bridgehead atoms. The van der Waals surface area contributed by atoms with E-state index in [1.54, 1.807) is 0 Å². The van der Waals surface area contributed by atoms with Gasteiger partial charge in [0.1, 0.15) is 6.54 Å². The summed E-state index contributed by atoms with van der Waals surface area (Å²) in [6.45, 7) is 0.0989. The molecule has 23 heavy (non-hydrogen) atoms. The predicted molar refractivity (Wildman–Crippen MR) is 79.4 cm³/mol. The fraction of sp³-hybridized carbons (Fsp3) is 0.714. The molecule has 0 aromatic carbocycles. The van der Waals surface area contributed by atoms with E-state index in [-0.39, 0.29) is 37.7 Å². The van der Waals surface area contributed by atoms with Crippen LogP contribution in [0.4, 0.5) is 4.79 Å². The summed E-state index contributed by atoms with van der Waals surface area (Å²) in [5.74, 6) is -1.07. The van der Waals surface area contributed by atoms with Gasteiger partial charge in [-0.2, -0.15) is 0 Å². The lowest BCUT2D eigenvalue weighted by Gasteiger charge is -2.42. The van der Waals surface area contributed by atoms with Gasteiger partial charge in [0.05, 0.1) is 26.2 Å². The second-order valence-corrected chi connectivity index (χ2v) is 5.38. The fourth-order valence-electron chi connectivity index (χ4n) is 2.19. The first kappa shape index (κ1) is 18.7. The van der Waals surface area contributed by atoms with Gasteiger partial charge in [-0.3, -0.25) is 14.4 Å². The molecule has 9 heteroatoms. The minimum atomic E-state index is -0.682. The van der Waals surface area contributed by atoms with Gasteiger partial charge >= 0.3 is 12.1 Å². The molecule has 0 aromatic heterocycles. The Balaban J connectivity index is 2.34. The molecule has 3 amide bonds. The number of rotatable bonds is 8. The van der Waals surface area contributed by atoms with E-state index in [1.165, 1.54) is 14.2 Å². The van der Waals surface area contributed by atoms with E-state index in [4.69, 9.17) is 0 Å². The second kappa shape index (κ2) is 8.96. The Morgan fingerprint density at radius 3 is 2.17 bits per heavy atom. The molecule has 0 aromatic rings. The van der Waals surface area contributed by atoms with Crippen LogP contribution >= 0.6 is 0 Å². The normalized spacial score (nSPS) is 14.9. The molecule has 1 fully saturated rings. The van der Waals surface area contributed by atoms with E-state index in [0.29, 0.717) is 0 Å². The molecule has 0 spiro atoms. The van der Waals surface area contributed by atoms with E-state index in [9.17, 15) is 19.2 Å². The molecule has 1 saturated carbocycles. The number of methoxy groups -OCH3 is 2. The van der Waals surface area contributed by atoms with Crippen LogP contribution in [0, 0.1) is 0 Å². The number of hydrogen-bond acceptors (Lipinski definition) is 6. The topological polar surface area (TPSA) is 123 Å². The number of hydrogen-bond donors (Lipinski definition) is 3. The zero-order valence-corrected chi connectivity index (χ0v) is 13.4. The fourth-order valence-corrected chi connectivity index (χ4v) is 2.19. The number of alkyl carbamates (subject to hydrolysis) is 1. The van der Waals surface area contributed by atoms with E-state index in [1.807, 2.05) is 0 Å². The highest BCUT2D eigenvalue weighted by atomic mass is 16.5. The third-order valence-electron chi connectivity index (χ3n) is 3.70. The SMILES string of the molecule is COC(=O)CCC(=O)NCC1(NC(=O)CNC(=O)OC)CCC1. The van der Waals surface area contributed by atoms with Crippen LogP contribution in [-0.2, 0) is 23.9 Å². The molecule has 130 valence electrons. The lowest BCUT2D eigenvalue weighted by Crippen LogP contribution is -2.61. The number of esters is 1. The maximum atomic E-state index is 11.8. The smallest absolute Gasteiger partial charge is 0.407 e. The van der Waals surface area contributed by atoms with Gasteiger partial charge in [-0.25, -0.2) is 4.79 Å². The van der Waals surface area contributed by atoms with E-state index in [2.05, 4.69) is 25.4 Å². The molecule has 3 N–H and O–H groups in total. The summed E-state index contributed by atoms with van der Waals surface area (Å²) in [5.41, 5.74) is -0.490. The van der Waals surface area contributed by atoms with Crippen LogP contribution in [0.1, 0.15) is 32.1 Å². The Morgan fingerprint density at radius 2 is 1.65 bits per heavy atom. The highest BCUT2D eigenvalue weighted by Crippen LogP contribution is 2.31. The molecule has 0 unspecified atom stereocenters. The standard InChI is InChI=1S/C14H23N3O6/c1-22-12(20)5-4-10(18)16-9-14(6-3-7-14)17-11(19)8-15-13(21)23-2/h3-9H2,1-2H3,(H,15,21)(H,16,18)(H,17,19). The molecule has 9 nitrogen and oxygen atoms in total. The van der Waals surface area contributed by atoms with Crippen LogP contribution in [-0.4, -0.2) is 56.7 Å². The summed E-state index contributed by atoms with van der Waals surface area (Å²) >= 11 is 0. The Labute approximate surface area is 134 Å². The third-order valence-corrected chi connectivity index (χ3v) is 3.70. The monoisotopic (exact) mass is 329 g/mol. The van der Waals surface area contributed by atoms with Gasteiger partial charge in [0.25, 0.3) is 0 Å². The molecule has 1 aliphatic carbocycles. The van der Waals surface area contributed by atoms with Crippen LogP contribution in [0.15, 0.2) is 0 Å². The Bertz CT molecular complexity index is 461. The van der Waals surface area contributed by atoms with Crippen molar-refractivity contribution in [1.82, 2.24) is 16.0 Å². The van der Waals surface area contributed by atoms with Gasteiger partial charge in [-0.05, 0) is 19.3 Å². The average Bonchev–Trinajstić information content (AvgIpc) is 2.52. The number of nitrogens with one attached hydrogen (secondary N) is 3. The van der Waals surface area contributed by atoms with Crippen LogP contribution in [0.2, 0.25) is 0 Å². The van der Waals surface area contributed by atoms with Gasteiger partial charge < -0.3 is 25.4 Å². The van der Waals surface area contributed by atoms with Crippen molar-refractivity contribution in [1.29, 1.82) is 0 Å². The first-order valence-electron chi connectivity index (χ1n) is 7.37. The van der Waals surface area contributed by atoms with Gasteiger partial charge in [0.2, 0.25) is 11.8 Å². The number of amides is 3. The summed E-state index contributed by atoms with van der Waals surface area (Å²) < 4.78 is 8.85. The second-order valence-electron chi connectivity index (χ2n) is 5.38. The van der Waals surface area contributed by atoms with Gasteiger partial charge in [0, 0.05) is 13.0 Å². The molecule has 0 atom stereocenters. The number of carbonyl (C=O) groups is 4. The quantitative estimate of drug-likeness (QED) is 0.514. The summed E-state index contributed by atoms with van der Waals surface area (Å²) in [7, 11) is 2.48. The van der Waals surface area contributed by atoms with Crippen LogP contribution in [0.3, 0.4) is 0 Å². The van der Waals surface area contributed by atoms with Crippen molar-refractivity contribution in [3.8, 4) is 0 Å². The highest BCUT2D eigenvalue weighted by molar-refractivity contribution is 5.83. The maximum absolute atomic E-state index is 11.8. The minimum absolute atomic E-state index is 0.0186. The molecular weight excluding hydrogens is 306 g/mol. The van der Waals surface area contributed by atoms with E-state index in [0.717, 1.165) is 19.3 Å². The van der Waals surface area contributed by atoms with Gasteiger partial charge in [-0.1, -0.05) is 0 Å². The van der Waals surface area contributed by atoms with Crippen molar-refractivity contribution >= 4 is 23.9 Å². The molecule has 0 radical (unpaired) electrons. The first-order valence-corrected chi connectivity index (χ1v) is 7.37. The number of carbonyl (C=O) groups excluding carboxylic acids is 4. The predicted octanol–water partition coefficient (Wildman–Crippen LogP) is -0.549. The Hall–Kier alpha value is -2.32. The first-order chi connectivity index (χ1) is 10.9. The van der Waals surface area contributed by atoms with E-state index < -0.39 is 17.6 Å². The van der Waals surface area contributed by atoms with Crippen LogP contribution in [0.5, 0.6) is 0 Å². The minimum Gasteiger partial charge on any atom is -0.469 e. The summed E-state index contributed by atoms with van der Waals surface area (Å²) in [4.78, 5) is 45.4. The number of ether oxygens (including phenoxy) is 2. The van der Waals surface area contributed by atoms with Crippen LogP contribution in [0.25, 0.3) is 0 Å². The molecule has 0 aliphatic heterocycles. The van der Waals surface area contributed by atoms with Gasteiger partial charge in [-0.15, -0.1) is 0 Å². The van der Waals surface area contributed by atoms with Crippen molar-refractivity contribution in [2.24, 2.45) is 0 Å². The molecule has 0 saturated heterocycles. The average molecular weight is 329 g/mol. The van der Waals surface area contributed by atoms with Crippen LogP contribution < -0.4 is 16.0 Å².